The number of aryl methyl sites for hydroxylation is 1. The Balaban J connectivity index is 2.79. The van der Waals surface area contributed by atoms with Crippen molar-refractivity contribution in [1.29, 1.82) is 0 Å². The summed E-state index contributed by atoms with van der Waals surface area (Å²) in [5, 5.41) is 6.37. The van der Waals surface area contributed by atoms with Crippen LogP contribution in [0, 0.1) is 12.8 Å². The third kappa shape index (κ3) is 3.64. The molecule has 5 nitrogen and oxygen atoms in total. The predicted octanol–water partition coefficient (Wildman–Crippen LogP) is 2.07. The lowest BCUT2D eigenvalue weighted by Crippen LogP contribution is -2.23. The van der Waals surface area contributed by atoms with Crippen molar-refractivity contribution in [3.63, 3.8) is 0 Å². The number of hydrogen-bond donors (Lipinski definition) is 2. The van der Waals surface area contributed by atoms with Gasteiger partial charge in [-0.25, -0.2) is 0 Å². The van der Waals surface area contributed by atoms with Crippen LogP contribution in [0.15, 0.2) is 0 Å². The maximum Gasteiger partial charge on any atom is 0.227 e. The molecule has 1 aromatic heterocycles. The van der Waals surface area contributed by atoms with Crippen molar-refractivity contribution in [2.24, 2.45) is 5.92 Å². The molecular weight excluding hydrogens is 202 g/mol. The first-order valence-corrected chi connectivity index (χ1v) is 5.76. The maximum absolute atomic E-state index is 4.30. The minimum Gasteiger partial charge on any atom is -0.354 e. The number of aromatic nitrogens is 3. The summed E-state index contributed by atoms with van der Waals surface area (Å²) in [5.74, 6) is 2.54. The molecule has 0 aliphatic heterocycles. The van der Waals surface area contributed by atoms with Gasteiger partial charge in [0.25, 0.3) is 0 Å². The predicted molar refractivity (Wildman–Crippen MR) is 66.7 cm³/mol. The van der Waals surface area contributed by atoms with Gasteiger partial charge in [0.05, 0.1) is 0 Å². The van der Waals surface area contributed by atoms with Crippen LogP contribution in [0.25, 0.3) is 0 Å². The highest BCUT2D eigenvalue weighted by Gasteiger charge is 2.09. The Bertz CT molecular complexity index is 337. The topological polar surface area (TPSA) is 62.7 Å². The van der Waals surface area contributed by atoms with Gasteiger partial charge < -0.3 is 10.6 Å². The minimum absolute atomic E-state index is 0.344. The highest BCUT2D eigenvalue weighted by Crippen LogP contribution is 2.09. The van der Waals surface area contributed by atoms with Gasteiger partial charge in [-0.2, -0.15) is 15.0 Å². The van der Waals surface area contributed by atoms with E-state index in [0.29, 0.717) is 23.9 Å². The van der Waals surface area contributed by atoms with E-state index < -0.39 is 0 Å². The number of nitrogens with zero attached hydrogens (tertiary/aromatic N) is 3. The van der Waals surface area contributed by atoms with Crippen molar-refractivity contribution in [3.8, 4) is 0 Å². The van der Waals surface area contributed by atoms with Gasteiger partial charge in [-0.15, -0.1) is 0 Å². The van der Waals surface area contributed by atoms with E-state index in [1.165, 1.54) is 0 Å². The molecule has 16 heavy (non-hydrogen) atoms. The SMILES string of the molecule is CCNc1nc(C)nc(NC(C)C(C)C)n1. The highest BCUT2D eigenvalue weighted by atomic mass is 15.2. The molecule has 0 aromatic carbocycles. The van der Waals surface area contributed by atoms with E-state index in [0.717, 1.165) is 12.4 Å². The molecule has 0 saturated heterocycles. The number of hydrogen-bond acceptors (Lipinski definition) is 5. The van der Waals surface area contributed by atoms with Gasteiger partial charge in [0.15, 0.2) is 0 Å². The summed E-state index contributed by atoms with van der Waals surface area (Å²) in [4.78, 5) is 12.8. The average molecular weight is 223 g/mol. The molecule has 90 valence electrons. The summed E-state index contributed by atoms with van der Waals surface area (Å²) in [7, 11) is 0. The standard InChI is InChI=1S/C11H21N5/c1-6-12-10-14-9(5)15-11(16-10)13-8(4)7(2)3/h7-8H,6H2,1-5H3,(H2,12,13,14,15,16). The molecule has 1 atom stereocenters. The Morgan fingerprint density at radius 1 is 1.06 bits per heavy atom. The van der Waals surface area contributed by atoms with E-state index in [4.69, 9.17) is 0 Å². The molecule has 0 saturated carbocycles. The second-order valence-electron chi connectivity index (χ2n) is 4.24. The Morgan fingerprint density at radius 3 is 2.25 bits per heavy atom. The van der Waals surface area contributed by atoms with E-state index in [-0.39, 0.29) is 0 Å². The van der Waals surface area contributed by atoms with E-state index in [1.807, 2.05) is 13.8 Å². The molecule has 0 bridgehead atoms. The molecule has 0 amide bonds. The van der Waals surface area contributed by atoms with Gasteiger partial charge in [-0.1, -0.05) is 13.8 Å². The molecule has 0 aliphatic rings. The van der Waals surface area contributed by atoms with Crippen molar-refractivity contribution in [3.05, 3.63) is 5.82 Å². The summed E-state index contributed by atoms with van der Waals surface area (Å²) in [5.41, 5.74) is 0. The van der Waals surface area contributed by atoms with Crippen LogP contribution in [-0.4, -0.2) is 27.5 Å². The van der Waals surface area contributed by atoms with Crippen molar-refractivity contribution in [1.82, 2.24) is 15.0 Å². The molecular formula is C11H21N5. The van der Waals surface area contributed by atoms with Crippen LogP contribution >= 0.6 is 0 Å². The van der Waals surface area contributed by atoms with Gasteiger partial charge >= 0.3 is 0 Å². The largest absolute Gasteiger partial charge is 0.354 e. The lowest BCUT2D eigenvalue weighted by molar-refractivity contribution is 0.556. The highest BCUT2D eigenvalue weighted by molar-refractivity contribution is 5.34. The third-order valence-electron chi connectivity index (χ3n) is 2.44. The second-order valence-corrected chi connectivity index (χ2v) is 4.24. The summed E-state index contributed by atoms with van der Waals surface area (Å²) in [6.45, 7) is 11.1. The first kappa shape index (κ1) is 12.7. The zero-order chi connectivity index (χ0) is 12.1. The zero-order valence-electron chi connectivity index (χ0n) is 10.7. The van der Waals surface area contributed by atoms with Crippen LogP contribution in [-0.2, 0) is 0 Å². The van der Waals surface area contributed by atoms with Crippen molar-refractivity contribution >= 4 is 11.9 Å². The summed E-state index contributed by atoms with van der Waals surface area (Å²) < 4.78 is 0. The quantitative estimate of drug-likeness (QED) is 0.800. The second kappa shape index (κ2) is 5.63. The fourth-order valence-corrected chi connectivity index (χ4v) is 1.15. The number of rotatable bonds is 5. The molecule has 1 rings (SSSR count). The lowest BCUT2D eigenvalue weighted by Gasteiger charge is -2.17. The van der Waals surface area contributed by atoms with Crippen molar-refractivity contribution < 1.29 is 0 Å². The molecule has 0 radical (unpaired) electrons. The monoisotopic (exact) mass is 223 g/mol. The molecule has 0 spiro atoms. The molecule has 0 fully saturated rings. The number of nitrogens with one attached hydrogen (secondary N) is 2. The Kier molecular flexibility index (Phi) is 4.46. The molecule has 2 N–H and O–H groups in total. The molecule has 1 unspecified atom stereocenters. The Morgan fingerprint density at radius 2 is 1.69 bits per heavy atom. The maximum atomic E-state index is 4.30. The summed E-state index contributed by atoms with van der Waals surface area (Å²) in [6.07, 6.45) is 0. The Hall–Kier alpha value is -1.39. The van der Waals surface area contributed by atoms with E-state index >= 15 is 0 Å². The molecule has 1 heterocycles. The van der Waals surface area contributed by atoms with Gasteiger partial charge in [0.2, 0.25) is 11.9 Å². The molecule has 0 aliphatic carbocycles. The molecule has 5 heteroatoms. The Labute approximate surface area is 97.1 Å². The summed E-state index contributed by atoms with van der Waals surface area (Å²) >= 11 is 0. The third-order valence-corrected chi connectivity index (χ3v) is 2.44. The minimum atomic E-state index is 0.344. The summed E-state index contributed by atoms with van der Waals surface area (Å²) in [6, 6.07) is 0.344. The van der Waals surface area contributed by atoms with Crippen LogP contribution in [0.5, 0.6) is 0 Å². The van der Waals surface area contributed by atoms with Crippen molar-refractivity contribution in [2.75, 3.05) is 17.2 Å². The van der Waals surface area contributed by atoms with Crippen molar-refractivity contribution in [2.45, 2.75) is 40.7 Å². The van der Waals surface area contributed by atoms with Crippen LogP contribution in [0.1, 0.15) is 33.5 Å². The van der Waals surface area contributed by atoms with Gasteiger partial charge in [0.1, 0.15) is 5.82 Å². The van der Waals surface area contributed by atoms with Gasteiger partial charge in [-0.05, 0) is 26.7 Å². The normalized spacial score (nSPS) is 12.6. The van der Waals surface area contributed by atoms with Crippen LogP contribution < -0.4 is 10.6 Å². The zero-order valence-corrected chi connectivity index (χ0v) is 10.7. The lowest BCUT2D eigenvalue weighted by atomic mass is 10.1. The van der Waals surface area contributed by atoms with E-state index in [1.54, 1.807) is 0 Å². The smallest absolute Gasteiger partial charge is 0.227 e. The average Bonchev–Trinajstić information content (AvgIpc) is 2.16. The van der Waals surface area contributed by atoms with Crippen LogP contribution in [0.4, 0.5) is 11.9 Å². The van der Waals surface area contributed by atoms with Crippen LogP contribution in [0.2, 0.25) is 0 Å². The first-order chi connectivity index (χ1) is 7.52. The molecule has 1 aromatic rings. The van der Waals surface area contributed by atoms with Crippen LogP contribution in [0.3, 0.4) is 0 Å². The van der Waals surface area contributed by atoms with E-state index in [2.05, 4.69) is 46.4 Å². The number of anilines is 2. The first-order valence-electron chi connectivity index (χ1n) is 5.76. The fourth-order valence-electron chi connectivity index (χ4n) is 1.15. The van der Waals surface area contributed by atoms with Gasteiger partial charge in [0, 0.05) is 12.6 Å². The van der Waals surface area contributed by atoms with Gasteiger partial charge in [-0.3, -0.25) is 0 Å². The fraction of sp³-hybridized carbons (Fsp3) is 0.727. The van der Waals surface area contributed by atoms with E-state index in [9.17, 15) is 0 Å².